The zero-order chi connectivity index (χ0) is 16.0. The summed E-state index contributed by atoms with van der Waals surface area (Å²) in [4.78, 5) is 2.19. The molecule has 1 aromatic rings. The zero-order valence-corrected chi connectivity index (χ0v) is 13.0. The van der Waals surface area contributed by atoms with Crippen LogP contribution in [0.5, 0.6) is 5.75 Å². The van der Waals surface area contributed by atoms with Gasteiger partial charge in [0.05, 0.1) is 11.6 Å². The Morgan fingerprint density at radius 2 is 2.14 bits per heavy atom. The summed E-state index contributed by atoms with van der Waals surface area (Å²) in [6, 6.07) is 8.90. The monoisotopic (exact) mass is 304 g/mol. The van der Waals surface area contributed by atoms with Crippen molar-refractivity contribution in [1.29, 1.82) is 5.26 Å². The summed E-state index contributed by atoms with van der Waals surface area (Å²) in [6.45, 7) is 4.78. The van der Waals surface area contributed by atoms with Crippen molar-refractivity contribution in [1.82, 2.24) is 4.90 Å². The van der Waals surface area contributed by atoms with Crippen LogP contribution in [0.1, 0.15) is 25.3 Å². The van der Waals surface area contributed by atoms with E-state index in [4.69, 9.17) is 10.00 Å². The normalized spacial score (nSPS) is 23.7. The third kappa shape index (κ3) is 4.70. The standard InChI is InChI=1S/C17H24N2O3/c1-17(13-20)7-2-8-19(12-17)10-15(21)11-22-16-5-3-14(9-18)4-6-16/h3-6,15,20-21H,2,7-8,10-13H2,1H3. The maximum absolute atomic E-state index is 10.1. The van der Waals surface area contributed by atoms with Crippen molar-refractivity contribution >= 4 is 0 Å². The number of aliphatic hydroxyl groups excluding tert-OH is 2. The fourth-order valence-corrected chi connectivity index (χ4v) is 2.88. The maximum atomic E-state index is 10.1. The number of β-amino-alcohol motifs (C(OH)–C–C–N with tert-alkyl or cyclic N) is 1. The summed E-state index contributed by atoms with van der Waals surface area (Å²) < 4.78 is 5.55. The van der Waals surface area contributed by atoms with Gasteiger partial charge in [-0.2, -0.15) is 5.26 Å². The van der Waals surface area contributed by atoms with E-state index >= 15 is 0 Å². The predicted molar refractivity (Wildman–Crippen MR) is 83.5 cm³/mol. The van der Waals surface area contributed by atoms with E-state index in [1.165, 1.54) is 0 Å². The summed E-state index contributed by atoms with van der Waals surface area (Å²) >= 11 is 0. The van der Waals surface area contributed by atoms with Crippen LogP contribution in [0.15, 0.2) is 24.3 Å². The minimum absolute atomic E-state index is 0.0635. The van der Waals surface area contributed by atoms with Gasteiger partial charge in [0.25, 0.3) is 0 Å². The Bertz CT molecular complexity index is 512. The lowest BCUT2D eigenvalue weighted by atomic mass is 9.83. The summed E-state index contributed by atoms with van der Waals surface area (Å²) in [5.41, 5.74) is 0.524. The van der Waals surface area contributed by atoms with Crippen LogP contribution in [-0.4, -0.2) is 54.1 Å². The molecule has 2 unspecified atom stereocenters. The minimum atomic E-state index is -0.573. The molecule has 0 amide bonds. The van der Waals surface area contributed by atoms with Crippen LogP contribution in [0.2, 0.25) is 0 Å². The van der Waals surface area contributed by atoms with Crippen molar-refractivity contribution in [2.75, 3.05) is 32.8 Å². The fourth-order valence-electron chi connectivity index (χ4n) is 2.88. The largest absolute Gasteiger partial charge is 0.491 e. The molecule has 1 saturated heterocycles. The second-order valence-electron chi connectivity index (χ2n) is 6.41. The highest BCUT2D eigenvalue weighted by atomic mass is 16.5. The van der Waals surface area contributed by atoms with Crippen molar-refractivity contribution < 1.29 is 14.9 Å². The van der Waals surface area contributed by atoms with Crippen LogP contribution in [0, 0.1) is 16.7 Å². The molecule has 0 aliphatic carbocycles. The number of nitrogens with zero attached hydrogens (tertiary/aromatic N) is 2. The van der Waals surface area contributed by atoms with Gasteiger partial charge in [0, 0.05) is 25.1 Å². The van der Waals surface area contributed by atoms with Crippen LogP contribution in [-0.2, 0) is 0 Å². The molecule has 1 fully saturated rings. The van der Waals surface area contributed by atoms with E-state index in [9.17, 15) is 10.2 Å². The molecule has 1 heterocycles. The van der Waals surface area contributed by atoms with E-state index in [-0.39, 0.29) is 18.6 Å². The van der Waals surface area contributed by atoms with Gasteiger partial charge in [0.1, 0.15) is 18.5 Å². The number of ether oxygens (including phenoxy) is 1. The quantitative estimate of drug-likeness (QED) is 0.830. The molecule has 0 spiro atoms. The van der Waals surface area contributed by atoms with Crippen LogP contribution >= 0.6 is 0 Å². The molecule has 120 valence electrons. The second-order valence-corrected chi connectivity index (χ2v) is 6.41. The molecule has 2 N–H and O–H groups in total. The molecule has 0 bridgehead atoms. The van der Waals surface area contributed by atoms with Crippen molar-refractivity contribution in [3.8, 4) is 11.8 Å². The SMILES string of the molecule is CC1(CO)CCCN(CC(O)COc2ccc(C#N)cc2)C1. The molecule has 0 aromatic heterocycles. The first-order chi connectivity index (χ1) is 10.5. The van der Waals surface area contributed by atoms with E-state index < -0.39 is 6.10 Å². The number of hydrogen-bond acceptors (Lipinski definition) is 5. The third-order valence-corrected chi connectivity index (χ3v) is 4.14. The topological polar surface area (TPSA) is 76.7 Å². The number of benzene rings is 1. The Balaban J connectivity index is 1.77. The highest BCUT2D eigenvalue weighted by molar-refractivity contribution is 5.34. The van der Waals surface area contributed by atoms with Gasteiger partial charge in [-0.25, -0.2) is 0 Å². The Morgan fingerprint density at radius 3 is 2.77 bits per heavy atom. The third-order valence-electron chi connectivity index (χ3n) is 4.14. The smallest absolute Gasteiger partial charge is 0.119 e. The highest BCUT2D eigenvalue weighted by Gasteiger charge is 2.30. The lowest BCUT2D eigenvalue weighted by molar-refractivity contribution is 0.0100. The van der Waals surface area contributed by atoms with Crippen LogP contribution in [0.25, 0.3) is 0 Å². The van der Waals surface area contributed by atoms with E-state index in [0.717, 1.165) is 25.9 Å². The Kier molecular flexibility index (Phi) is 5.78. The van der Waals surface area contributed by atoms with Gasteiger partial charge in [-0.05, 0) is 43.7 Å². The first-order valence-corrected chi connectivity index (χ1v) is 7.69. The number of piperidine rings is 1. The lowest BCUT2D eigenvalue weighted by Gasteiger charge is -2.40. The van der Waals surface area contributed by atoms with Gasteiger partial charge < -0.3 is 19.8 Å². The van der Waals surface area contributed by atoms with Crippen LogP contribution in [0.4, 0.5) is 0 Å². The molecular weight excluding hydrogens is 280 g/mol. The lowest BCUT2D eigenvalue weighted by Crippen LogP contribution is -2.47. The minimum Gasteiger partial charge on any atom is -0.491 e. The van der Waals surface area contributed by atoms with Crippen molar-refractivity contribution in [2.45, 2.75) is 25.9 Å². The summed E-state index contributed by atoms with van der Waals surface area (Å²) in [5, 5.41) is 28.3. The molecule has 5 heteroatoms. The molecule has 1 aliphatic heterocycles. The highest BCUT2D eigenvalue weighted by Crippen LogP contribution is 2.28. The number of rotatable bonds is 6. The maximum Gasteiger partial charge on any atom is 0.119 e. The van der Waals surface area contributed by atoms with Crippen molar-refractivity contribution in [3.05, 3.63) is 29.8 Å². The first-order valence-electron chi connectivity index (χ1n) is 7.69. The first kappa shape index (κ1) is 16.8. The summed E-state index contributed by atoms with van der Waals surface area (Å²) in [6.07, 6.45) is 1.50. The van der Waals surface area contributed by atoms with Gasteiger partial charge in [-0.3, -0.25) is 0 Å². The molecule has 2 rings (SSSR count). The molecular formula is C17H24N2O3. The molecule has 5 nitrogen and oxygen atoms in total. The average molecular weight is 304 g/mol. The second kappa shape index (κ2) is 7.59. The Labute approximate surface area is 131 Å². The van der Waals surface area contributed by atoms with E-state index in [0.29, 0.717) is 17.9 Å². The van der Waals surface area contributed by atoms with Gasteiger partial charge >= 0.3 is 0 Å². The van der Waals surface area contributed by atoms with Gasteiger partial charge in [-0.1, -0.05) is 6.92 Å². The summed E-state index contributed by atoms with van der Waals surface area (Å²) in [5.74, 6) is 0.650. The van der Waals surface area contributed by atoms with Gasteiger partial charge in [0.2, 0.25) is 0 Å². The van der Waals surface area contributed by atoms with Gasteiger partial charge in [-0.15, -0.1) is 0 Å². The fraction of sp³-hybridized carbons (Fsp3) is 0.588. The van der Waals surface area contributed by atoms with Gasteiger partial charge in [0.15, 0.2) is 0 Å². The molecule has 0 radical (unpaired) electrons. The molecule has 1 aromatic carbocycles. The number of aliphatic hydroxyl groups is 2. The molecule has 2 atom stereocenters. The van der Waals surface area contributed by atoms with E-state index in [2.05, 4.69) is 17.9 Å². The molecule has 0 saturated carbocycles. The van der Waals surface area contributed by atoms with E-state index in [1.807, 2.05) is 0 Å². The number of hydrogen-bond donors (Lipinski definition) is 2. The average Bonchev–Trinajstić information content (AvgIpc) is 2.53. The zero-order valence-electron chi connectivity index (χ0n) is 13.0. The number of likely N-dealkylation sites (tertiary alicyclic amines) is 1. The van der Waals surface area contributed by atoms with E-state index in [1.54, 1.807) is 24.3 Å². The predicted octanol–water partition coefficient (Wildman–Crippen LogP) is 1.39. The van der Waals surface area contributed by atoms with Crippen LogP contribution < -0.4 is 4.74 Å². The summed E-state index contributed by atoms with van der Waals surface area (Å²) in [7, 11) is 0. The molecule has 22 heavy (non-hydrogen) atoms. The Morgan fingerprint density at radius 1 is 1.41 bits per heavy atom. The van der Waals surface area contributed by atoms with Crippen molar-refractivity contribution in [2.24, 2.45) is 5.41 Å². The van der Waals surface area contributed by atoms with Crippen LogP contribution in [0.3, 0.4) is 0 Å². The Hall–Kier alpha value is -1.61. The molecule has 1 aliphatic rings. The van der Waals surface area contributed by atoms with Crippen molar-refractivity contribution in [3.63, 3.8) is 0 Å². The number of nitriles is 1.